The number of aromatic nitrogens is 2. The van der Waals surface area contributed by atoms with Crippen molar-refractivity contribution in [3.63, 3.8) is 0 Å². The van der Waals surface area contributed by atoms with E-state index in [1.807, 2.05) is 18.4 Å². The maximum absolute atomic E-state index is 8.00. The van der Waals surface area contributed by atoms with Gasteiger partial charge in [-0.05, 0) is 18.1 Å². The van der Waals surface area contributed by atoms with Crippen LogP contribution >= 0.6 is 12.4 Å². The van der Waals surface area contributed by atoms with Crippen LogP contribution in [-0.2, 0) is 18.4 Å². The molecule has 0 fully saturated rings. The van der Waals surface area contributed by atoms with Crippen LogP contribution in [0.5, 0.6) is 0 Å². The highest BCUT2D eigenvalue weighted by Gasteiger charge is 2.02. The Bertz CT molecular complexity index is 459. The zero-order valence-electron chi connectivity index (χ0n) is 11.1. The lowest BCUT2D eigenvalue weighted by molar-refractivity contribution is -0.693. The zero-order valence-corrected chi connectivity index (χ0v) is 12.7. The van der Waals surface area contributed by atoms with Gasteiger partial charge in [0.15, 0.2) is 24.8 Å². The van der Waals surface area contributed by atoms with E-state index in [9.17, 15) is 0 Å². The Morgan fingerprint density at radius 2 is 1.24 bits per heavy atom. The highest BCUT2D eigenvalue weighted by Crippen LogP contribution is 2.15. The van der Waals surface area contributed by atoms with Crippen LogP contribution in [0.25, 0.3) is 11.1 Å². The predicted octanol–water partition coefficient (Wildman–Crippen LogP) is -0.00140. The minimum Gasteiger partial charge on any atom is -1.00 e. The molecule has 0 unspecified atom stereocenters. The molecule has 0 aromatic carbocycles. The molecule has 2 rings (SSSR count). The number of rotatable bonds is 2. The molecule has 0 saturated heterocycles. The molecule has 3 nitrogen and oxygen atoms in total. The summed E-state index contributed by atoms with van der Waals surface area (Å²) in [5.41, 5.74) is 2.52. The molecule has 2 heterocycles. The number of carbonyl (C=O) groups excluding carboxylic acids is 1. The molecule has 0 radical (unpaired) electrons. The Labute approximate surface area is 141 Å². The van der Waals surface area contributed by atoms with Crippen LogP contribution in [0.4, 0.5) is 0 Å². The number of nitrogens with zero attached hydrogens (tertiary/aromatic N) is 2. The summed E-state index contributed by atoms with van der Waals surface area (Å²) in [5, 5.41) is 0. The topological polar surface area (TPSA) is 24.8 Å². The Morgan fingerprint density at radius 3 is 1.57 bits per heavy atom. The van der Waals surface area contributed by atoms with Crippen molar-refractivity contribution in [1.29, 1.82) is 0 Å². The van der Waals surface area contributed by atoms with Gasteiger partial charge in [0, 0.05) is 24.3 Å². The Balaban J connectivity index is -0.000000231. The van der Waals surface area contributed by atoms with Gasteiger partial charge in [0.25, 0.3) is 0 Å². The van der Waals surface area contributed by atoms with Gasteiger partial charge in [-0.1, -0.05) is 14.9 Å². The lowest BCUT2D eigenvalue weighted by atomic mass is 10.1. The summed E-state index contributed by atoms with van der Waals surface area (Å²) in [7, 11) is 2.03. The average Bonchev–Trinajstić information content (AvgIpc) is 2.42. The molecule has 0 aliphatic carbocycles. The third-order valence-electron chi connectivity index (χ3n) is 2.57. The van der Waals surface area contributed by atoms with Crippen LogP contribution in [0, 0.1) is 0 Å². The van der Waals surface area contributed by atoms with Crippen LogP contribution in [-0.4, -0.2) is 6.79 Å². The second-order valence-electron chi connectivity index (χ2n) is 3.67. The van der Waals surface area contributed by atoms with Gasteiger partial charge in [-0.3, -0.25) is 0 Å². The van der Waals surface area contributed by atoms with Crippen molar-refractivity contribution in [3.8, 4) is 11.1 Å². The summed E-state index contributed by atoms with van der Waals surface area (Å²) in [6, 6.07) is 8.56. The number of hydrogen-bond donors (Lipinski definition) is 0. The van der Waals surface area contributed by atoms with Crippen molar-refractivity contribution in [3.05, 3.63) is 49.1 Å². The fourth-order valence-electron chi connectivity index (χ4n) is 1.55. The molecule has 0 bridgehead atoms. The van der Waals surface area contributed by atoms with E-state index in [0.717, 1.165) is 6.54 Å². The number of carbonyl (C=O) groups is 1. The number of pyridine rings is 2. The molecule has 5 heteroatoms. The molecular weight excluding hydrogens is 307 g/mol. The van der Waals surface area contributed by atoms with Crippen molar-refractivity contribution >= 4 is 19.2 Å². The van der Waals surface area contributed by atoms with Crippen LogP contribution in [0.1, 0.15) is 21.8 Å². The van der Waals surface area contributed by atoms with Gasteiger partial charge >= 0.3 is 0 Å². The van der Waals surface area contributed by atoms with E-state index in [0.29, 0.717) is 0 Å². The molecule has 0 N–H and O–H groups in total. The first-order valence-electron chi connectivity index (χ1n) is 5.53. The molecule has 2 aromatic rings. The molecule has 0 spiro atoms. The van der Waals surface area contributed by atoms with E-state index in [1.165, 1.54) is 11.1 Å². The lowest BCUT2D eigenvalue weighted by Crippen LogP contribution is -3.00. The first-order chi connectivity index (χ1) is 8.29. The molecule has 2 aromatic heterocycles. The number of aryl methyl sites for hydroxylation is 2. The summed E-state index contributed by atoms with van der Waals surface area (Å²) in [6.45, 7) is 5.16. The predicted molar refractivity (Wildman–Crippen MR) is 86.8 cm³/mol. The molecule has 0 aliphatic rings. The standard InChI is InChI=1S/C13H16N2.CH2O.2CH4.2ClH/c1-3-15-10-6-13(7-11-15)12-4-8-14(2)9-5-12;1-2;;;;/h4-11H,3H2,1-2H3;1H2;2*1H4;2*1H/q+2;;;;;/p-1. The van der Waals surface area contributed by atoms with E-state index < -0.39 is 0 Å². The second kappa shape index (κ2) is 14.9. The number of halogens is 2. The van der Waals surface area contributed by atoms with E-state index >= 15 is 0 Å². The van der Waals surface area contributed by atoms with Crippen LogP contribution in [0.3, 0.4) is 0 Å². The second-order valence-corrected chi connectivity index (χ2v) is 3.67. The molecule has 21 heavy (non-hydrogen) atoms. The average molecular weight is 334 g/mol. The summed E-state index contributed by atoms with van der Waals surface area (Å²) >= 11 is 0. The van der Waals surface area contributed by atoms with E-state index in [4.69, 9.17) is 4.79 Å². The van der Waals surface area contributed by atoms with Gasteiger partial charge in [0.05, 0.1) is 0 Å². The quantitative estimate of drug-likeness (QED) is 0.710. The minimum atomic E-state index is 0. The van der Waals surface area contributed by atoms with Gasteiger partial charge in [0.1, 0.15) is 20.4 Å². The summed E-state index contributed by atoms with van der Waals surface area (Å²) in [6.07, 6.45) is 8.36. The van der Waals surface area contributed by atoms with Crippen molar-refractivity contribution in [2.24, 2.45) is 7.05 Å². The molecular formula is C16H27Cl2N2O+. The molecule has 0 aliphatic heterocycles. The summed E-state index contributed by atoms with van der Waals surface area (Å²) < 4.78 is 4.20. The van der Waals surface area contributed by atoms with Gasteiger partial charge in [0.2, 0.25) is 0 Å². The molecule has 0 atom stereocenters. The van der Waals surface area contributed by atoms with Gasteiger partial charge in [-0.25, -0.2) is 9.13 Å². The normalized spacial score (nSPS) is 7.52. The fourth-order valence-corrected chi connectivity index (χ4v) is 1.55. The van der Waals surface area contributed by atoms with E-state index in [-0.39, 0.29) is 39.7 Å². The minimum absolute atomic E-state index is 0. The van der Waals surface area contributed by atoms with Gasteiger partial charge in [-0.15, -0.1) is 12.4 Å². The van der Waals surface area contributed by atoms with E-state index in [2.05, 4.69) is 60.5 Å². The van der Waals surface area contributed by atoms with Crippen molar-refractivity contribution < 1.29 is 26.3 Å². The van der Waals surface area contributed by atoms with Crippen LogP contribution in [0.15, 0.2) is 49.1 Å². The largest absolute Gasteiger partial charge is 1.00 e. The Morgan fingerprint density at radius 1 is 0.905 bits per heavy atom. The fraction of sp³-hybridized carbons (Fsp3) is 0.312. The Kier molecular flexibility index (Phi) is 19.8. The lowest BCUT2D eigenvalue weighted by Gasteiger charge is -1.98. The first-order valence-corrected chi connectivity index (χ1v) is 5.53. The third-order valence-corrected chi connectivity index (χ3v) is 2.57. The maximum Gasteiger partial charge on any atom is 0.169 e. The van der Waals surface area contributed by atoms with Gasteiger partial charge < -0.3 is 17.2 Å². The van der Waals surface area contributed by atoms with Crippen molar-refractivity contribution in [2.75, 3.05) is 0 Å². The highest BCUT2D eigenvalue weighted by molar-refractivity contribution is 5.85. The SMILES string of the molecule is C.C.C=O.CC[n+]1ccc(-c2cc[n+](C)cc2)cc1.Cl.[Cl-]. The third kappa shape index (κ3) is 8.43. The highest BCUT2D eigenvalue weighted by atomic mass is 35.5. The Hall–Kier alpha value is -1.45. The monoisotopic (exact) mass is 333 g/mol. The van der Waals surface area contributed by atoms with E-state index in [1.54, 1.807) is 0 Å². The molecule has 120 valence electrons. The van der Waals surface area contributed by atoms with Crippen molar-refractivity contribution in [1.82, 2.24) is 0 Å². The first kappa shape index (κ1) is 27.8. The van der Waals surface area contributed by atoms with Crippen LogP contribution < -0.4 is 21.5 Å². The zero-order chi connectivity index (χ0) is 12.7. The molecule has 0 amide bonds. The number of hydrogen-bond acceptors (Lipinski definition) is 1. The summed E-state index contributed by atoms with van der Waals surface area (Å²) in [4.78, 5) is 8.00. The molecule has 0 saturated carbocycles. The van der Waals surface area contributed by atoms with Crippen molar-refractivity contribution in [2.45, 2.75) is 28.3 Å². The smallest absolute Gasteiger partial charge is 0.169 e. The maximum atomic E-state index is 8.00. The van der Waals surface area contributed by atoms with Crippen LogP contribution in [0.2, 0.25) is 0 Å². The van der Waals surface area contributed by atoms with Gasteiger partial charge in [-0.2, -0.15) is 0 Å². The summed E-state index contributed by atoms with van der Waals surface area (Å²) in [5.74, 6) is 0.